The van der Waals surface area contributed by atoms with Gasteiger partial charge in [-0.2, -0.15) is 0 Å². The second-order valence-corrected chi connectivity index (χ2v) is 4.80. The molecular weight excluding hydrogens is 204 g/mol. The average Bonchev–Trinajstić information content (AvgIpc) is 2.98. The molecule has 0 radical (unpaired) electrons. The molecule has 1 saturated carbocycles. The number of hydrogen-bond acceptors (Lipinski definition) is 4. The van der Waals surface area contributed by atoms with Crippen molar-refractivity contribution in [2.24, 2.45) is 5.92 Å². The molecular formula is C12H18N2O2. The van der Waals surface area contributed by atoms with Crippen molar-refractivity contribution in [2.45, 2.75) is 38.7 Å². The smallest absolute Gasteiger partial charge is 0.160 e. The molecule has 1 fully saturated rings. The Kier molecular flexibility index (Phi) is 3.10. The molecule has 0 aliphatic heterocycles. The number of rotatable bonds is 5. The first-order valence-corrected chi connectivity index (χ1v) is 5.78. The first-order chi connectivity index (χ1) is 7.60. The third-order valence-corrected chi connectivity index (χ3v) is 2.73. The predicted octanol–water partition coefficient (Wildman–Crippen LogP) is 1.88. The molecule has 1 heterocycles. The minimum absolute atomic E-state index is 0.517. The summed E-state index contributed by atoms with van der Waals surface area (Å²) in [5.74, 6) is 1.82. The number of ether oxygens (including phenoxy) is 1. The molecule has 1 N–H and O–H groups in total. The van der Waals surface area contributed by atoms with E-state index >= 15 is 0 Å². The van der Waals surface area contributed by atoms with Crippen molar-refractivity contribution in [3.05, 3.63) is 18.2 Å². The SMILES string of the molecule is CC(C)CCOc1cnc(C2(O)CC2)nc1. The summed E-state index contributed by atoms with van der Waals surface area (Å²) >= 11 is 0. The standard InChI is InChI=1S/C12H18N2O2/c1-9(2)3-6-16-10-7-13-11(14-8-10)12(15)4-5-12/h7-9,15H,3-6H2,1-2H3. The highest BCUT2D eigenvalue weighted by atomic mass is 16.5. The zero-order valence-electron chi connectivity index (χ0n) is 9.81. The van der Waals surface area contributed by atoms with E-state index in [1.807, 2.05) is 0 Å². The summed E-state index contributed by atoms with van der Waals surface area (Å²) in [7, 11) is 0. The van der Waals surface area contributed by atoms with Gasteiger partial charge in [0.1, 0.15) is 5.60 Å². The van der Waals surface area contributed by atoms with Crippen molar-refractivity contribution in [1.29, 1.82) is 0 Å². The van der Waals surface area contributed by atoms with E-state index in [1.165, 1.54) is 0 Å². The van der Waals surface area contributed by atoms with Crippen molar-refractivity contribution < 1.29 is 9.84 Å². The van der Waals surface area contributed by atoms with Gasteiger partial charge in [0.2, 0.25) is 0 Å². The Hall–Kier alpha value is -1.16. The van der Waals surface area contributed by atoms with Gasteiger partial charge in [-0.05, 0) is 25.2 Å². The monoisotopic (exact) mass is 222 g/mol. The van der Waals surface area contributed by atoms with Gasteiger partial charge >= 0.3 is 0 Å². The molecule has 4 nitrogen and oxygen atoms in total. The summed E-state index contributed by atoms with van der Waals surface area (Å²) in [5, 5.41) is 9.77. The van der Waals surface area contributed by atoms with Crippen LogP contribution in [0.25, 0.3) is 0 Å². The van der Waals surface area contributed by atoms with Gasteiger partial charge in [0.25, 0.3) is 0 Å². The average molecular weight is 222 g/mol. The van der Waals surface area contributed by atoms with Crippen LogP contribution in [-0.4, -0.2) is 21.7 Å². The normalized spacial score (nSPS) is 17.5. The fourth-order valence-corrected chi connectivity index (χ4v) is 1.39. The molecule has 0 aromatic carbocycles. The summed E-state index contributed by atoms with van der Waals surface area (Å²) in [6, 6.07) is 0. The third kappa shape index (κ3) is 2.70. The molecule has 2 rings (SSSR count). The van der Waals surface area contributed by atoms with Gasteiger partial charge in [0.05, 0.1) is 19.0 Å². The Bertz CT molecular complexity index is 345. The van der Waals surface area contributed by atoms with Gasteiger partial charge < -0.3 is 9.84 Å². The van der Waals surface area contributed by atoms with Gasteiger partial charge in [-0.15, -0.1) is 0 Å². The van der Waals surface area contributed by atoms with Gasteiger partial charge in [0.15, 0.2) is 11.6 Å². The quantitative estimate of drug-likeness (QED) is 0.826. The lowest BCUT2D eigenvalue weighted by atomic mass is 10.1. The molecule has 0 atom stereocenters. The Morgan fingerprint density at radius 1 is 1.38 bits per heavy atom. The van der Waals surface area contributed by atoms with E-state index in [2.05, 4.69) is 23.8 Å². The molecule has 1 aromatic rings. The van der Waals surface area contributed by atoms with Crippen LogP contribution >= 0.6 is 0 Å². The van der Waals surface area contributed by atoms with Gasteiger partial charge in [-0.1, -0.05) is 13.8 Å². The van der Waals surface area contributed by atoms with E-state index in [4.69, 9.17) is 4.74 Å². The number of nitrogens with zero attached hydrogens (tertiary/aromatic N) is 2. The van der Waals surface area contributed by atoms with E-state index in [9.17, 15) is 5.11 Å². The summed E-state index contributed by atoms with van der Waals surface area (Å²) in [5.41, 5.74) is -0.754. The molecule has 0 amide bonds. The van der Waals surface area contributed by atoms with Crippen molar-refractivity contribution >= 4 is 0 Å². The lowest BCUT2D eigenvalue weighted by Crippen LogP contribution is -2.10. The van der Waals surface area contributed by atoms with Crippen LogP contribution in [0.3, 0.4) is 0 Å². The highest BCUT2D eigenvalue weighted by Crippen LogP contribution is 2.43. The maximum absolute atomic E-state index is 9.77. The van der Waals surface area contributed by atoms with Crippen LogP contribution in [0.1, 0.15) is 38.9 Å². The molecule has 0 bridgehead atoms. The second-order valence-electron chi connectivity index (χ2n) is 4.80. The fraction of sp³-hybridized carbons (Fsp3) is 0.667. The van der Waals surface area contributed by atoms with Crippen LogP contribution < -0.4 is 4.74 Å². The largest absolute Gasteiger partial charge is 0.490 e. The molecule has 0 unspecified atom stereocenters. The summed E-state index contributed by atoms with van der Waals surface area (Å²) in [6.07, 6.45) is 5.82. The number of hydrogen-bond donors (Lipinski definition) is 1. The van der Waals surface area contributed by atoms with E-state index in [0.29, 0.717) is 24.1 Å². The maximum atomic E-state index is 9.77. The topological polar surface area (TPSA) is 55.2 Å². The lowest BCUT2D eigenvalue weighted by molar-refractivity contribution is 0.140. The van der Waals surface area contributed by atoms with Crippen molar-refractivity contribution in [3.8, 4) is 5.75 Å². The first kappa shape index (κ1) is 11.3. The van der Waals surface area contributed by atoms with E-state index in [0.717, 1.165) is 19.3 Å². The minimum atomic E-state index is -0.754. The number of aliphatic hydroxyl groups is 1. The van der Waals surface area contributed by atoms with E-state index in [1.54, 1.807) is 12.4 Å². The predicted molar refractivity (Wildman–Crippen MR) is 60.1 cm³/mol. The Balaban J connectivity index is 1.87. The summed E-state index contributed by atoms with van der Waals surface area (Å²) in [4.78, 5) is 8.25. The fourth-order valence-electron chi connectivity index (χ4n) is 1.39. The maximum Gasteiger partial charge on any atom is 0.160 e. The third-order valence-electron chi connectivity index (χ3n) is 2.73. The summed E-state index contributed by atoms with van der Waals surface area (Å²) < 4.78 is 5.50. The highest BCUT2D eigenvalue weighted by molar-refractivity contribution is 5.17. The van der Waals surface area contributed by atoms with Crippen LogP contribution in [-0.2, 0) is 5.60 Å². The molecule has 4 heteroatoms. The van der Waals surface area contributed by atoms with E-state index in [-0.39, 0.29) is 0 Å². The van der Waals surface area contributed by atoms with Gasteiger partial charge in [0, 0.05) is 0 Å². The lowest BCUT2D eigenvalue weighted by Gasteiger charge is -2.09. The van der Waals surface area contributed by atoms with Crippen LogP contribution in [0.15, 0.2) is 12.4 Å². The van der Waals surface area contributed by atoms with Gasteiger partial charge in [-0.25, -0.2) is 9.97 Å². The zero-order valence-corrected chi connectivity index (χ0v) is 9.81. The Morgan fingerprint density at radius 2 is 2.00 bits per heavy atom. The Morgan fingerprint density at radius 3 is 2.50 bits per heavy atom. The summed E-state index contributed by atoms with van der Waals surface area (Å²) in [6.45, 7) is 5.00. The van der Waals surface area contributed by atoms with Crippen molar-refractivity contribution in [2.75, 3.05) is 6.61 Å². The molecule has 88 valence electrons. The van der Waals surface area contributed by atoms with E-state index < -0.39 is 5.60 Å². The van der Waals surface area contributed by atoms with Crippen LogP contribution in [0.4, 0.5) is 0 Å². The second kappa shape index (κ2) is 4.37. The molecule has 16 heavy (non-hydrogen) atoms. The zero-order chi connectivity index (χ0) is 11.6. The Labute approximate surface area is 95.7 Å². The molecule has 0 saturated heterocycles. The van der Waals surface area contributed by atoms with Gasteiger partial charge in [-0.3, -0.25) is 0 Å². The van der Waals surface area contributed by atoms with Crippen LogP contribution in [0.5, 0.6) is 5.75 Å². The molecule has 1 aromatic heterocycles. The minimum Gasteiger partial charge on any atom is -0.490 e. The number of aromatic nitrogens is 2. The van der Waals surface area contributed by atoms with Crippen LogP contribution in [0, 0.1) is 5.92 Å². The van der Waals surface area contributed by atoms with Crippen LogP contribution in [0.2, 0.25) is 0 Å². The molecule has 1 aliphatic carbocycles. The highest BCUT2D eigenvalue weighted by Gasteiger charge is 2.45. The first-order valence-electron chi connectivity index (χ1n) is 5.78. The molecule has 1 aliphatic rings. The molecule has 0 spiro atoms. The van der Waals surface area contributed by atoms with Crippen molar-refractivity contribution in [3.63, 3.8) is 0 Å². The van der Waals surface area contributed by atoms with Crippen molar-refractivity contribution in [1.82, 2.24) is 9.97 Å².